The molecule has 4 rings (SSSR count). The van der Waals surface area contributed by atoms with Crippen LogP contribution in [0.2, 0.25) is 0 Å². The number of aromatic nitrogens is 2. The van der Waals surface area contributed by atoms with Gasteiger partial charge in [-0.1, -0.05) is 12.1 Å². The lowest BCUT2D eigenvalue weighted by atomic mass is 10.1. The molecular formula is C15H12N2O. The number of fused-ring (bicyclic) bond motifs is 5. The number of rotatable bonds is 0. The smallest absolute Gasteiger partial charge is 0.138 e. The largest absolute Gasteiger partial charge is 0.487 e. The topological polar surface area (TPSA) is 26.5 Å². The Balaban J connectivity index is 2.08. The minimum atomic E-state index is 0.580. The van der Waals surface area contributed by atoms with E-state index in [1.807, 2.05) is 18.2 Å². The van der Waals surface area contributed by atoms with Crippen LogP contribution in [0.3, 0.4) is 0 Å². The molecule has 0 aliphatic carbocycles. The van der Waals surface area contributed by atoms with Crippen LogP contribution in [-0.4, -0.2) is 9.38 Å². The van der Waals surface area contributed by atoms with E-state index < -0.39 is 0 Å². The van der Waals surface area contributed by atoms with E-state index in [4.69, 9.17) is 9.72 Å². The molecule has 0 atom stereocenters. The fraction of sp³-hybridized carbons (Fsp3) is 0.133. The minimum absolute atomic E-state index is 0.580. The molecule has 0 bridgehead atoms. The first-order valence-electron chi connectivity index (χ1n) is 6.03. The maximum absolute atomic E-state index is 5.79. The van der Waals surface area contributed by atoms with Crippen molar-refractivity contribution in [1.29, 1.82) is 0 Å². The van der Waals surface area contributed by atoms with Gasteiger partial charge >= 0.3 is 0 Å². The lowest BCUT2D eigenvalue weighted by Crippen LogP contribution is -2.06. The summed E-state index contributed by atoms with van der Waals surface area (Å²) < 4.78 is 7.90. The zero-order valence-electron chi connectivity index (χ0n) is 10.1. The van der Waals surface area contributed by atoms with Gasteiger partial charge in [-0.3, -0.25) is 4.40 Å². The average molecular weight is 236 g/mol. The predicted octanol–water partition coefficient (Wildman–Crippen LogP) is 3.20. The second-order valence-electron chi connectivity index (χ2n) is 4.62. The molecule has 1 aliphatic rings. The van der Waals surface area contributed by atoms with Crippen molar-refractivity contribution in [3.8, 4) is 17.0 Å². The fourth-order valence-corrected chi connectivity index (χ4v) is 2.49. The third-order valence-electron chi connectivity index (χ3n) is 3.39. The van der Waals surface area contributed by atoms with Crippen LogP contribution in [0.5, 0.6) is 5.75 Å². The van der Waals surface area contributed by atoms with E-state index in [9.17, 15) is 0 Å². The molecule has 0 amide bonds. The predicted molar refractivity (Wildman–Crippen MR) is 69.7 cm³/mol. The molecule has 88 valence electrons. The molecule has 0 saturated carbocycles. The summed E-state index contributed by atoms with van der Waals surface area (Å²) in [6.07, 6.45) is 2.06. The molecule has 1 aromatic carbocycles. The zero-order chi connectivity index (χ0) is 12.1. The molecular weight excluding hydrogens is 224 g/mol. The SMILES string of the molecule is Cc1ccn2c3c(nc2c1)-c1ccccc1OC3. The van der Waals surface area contributed by atoms with Gasteiger partial charge in [-0.05, 0) is 36.8 Å². The highest BCUT2D eigenvalue weighted by atomic mass is 16.5. The summed E-state index contributed by atoms with van der Waals surface area (Å²) in [5.41, 5.74) is 5.46. The van der Waals surface area contributed by atoms with Crippen molar-refractivity contribution in [3.63, 3.8) is 0 Å². The number of aryl methyl sites for hydroxylation is 1. The number of hydrogen-bond acceptors (Lipinski definition) is 2. The van der Waals surface area contributed by atoms with E-state index in [1.54, 1.807) is 0 Å². The third-order valence-corrected chi connectivity index (χ3v) is 3.39. The highest BCUT2D eigenvalue weighted by Gasteiger charge is 2.21. The number of pyridine rings is 1. The Morgan fingerprint density at radius 3 is 3.06 bits per heavy atom. The van der Waals surface area contributed by atoms with Crippen molar-refractivity contribution in [3.05, 3.63) is 53.9 Å². The van der Waals surface area contributed by atoms with Crippen molar-refractivity contribution >= 4 is 5.65 Å². The molecule has 3 nitrogen and oxygen atoms in total. The van der Waals surface area contributed by atoms with Gasteiger partial charge in [-0.2, -0.15) is 0 Å². The van der Waals surface area contributed by atoms with Crippen LogP contribution in [0, 0.1) is 6.92 Å². The Morgan fingerprint density at radius 1 is 1.22 bits per heavy atom. The normalized spacial score (nSPS) is 12.9. The van der Waals surface area contributed by atoms with Gasteiger partial charge in [0, 0.05) is 11.8 Å². The summed E-state index contributed by atoms with van der Waals surface area (Å²) in [5, 5.41) is 0. The number of imidazole rings is 1. The molecule has 0 unspecified atom stereocenters. The standard InChI is InChI=1S/C15H12N2O/c1-10-6-7-17-12-9-18-13-5-3-2-4-11(13)15(12)16-14(17)8-10/h2-8H,9H2,1H3. The number of para-hydroxylation sites is 1. The summed E-state index contributed by atoms with van der Waals surface area (Å²) in [4.78, 5) is 4.74. The fourth-order valence-electron chi connectivity index (χ4n) is 2.49. The first-order valence-corrected chi connectivity index (χ1v) is 6.03. The maximum atomic E-state index is 5.79. The van der Waals surface area contributed by atoms with Gasteiger partial charge in [0.1, 0.15) is 18.0 Å². The second-order valence-corrected chi connectivity index (χ2v) is 4.62. The van der Waals surface area contributed by atoms with E-state index >= 15 is 0 Å². The van der Waals surface area contributed by atoms with E-state index in [0.29, 0.717) is 6.61 Å². The van der Waals surface area contributed by atoms with Crippen LogP contribution in [0.1, 0.15) is 11.3 Å². The van der Waals surface area contributed by atoms with Gasteiger partial charge in [0.2, 0.25) is 0 Å². The summed E-state index contributed by atoms with van der Waals surface area (Å²) in [6.45, 7) is 2.66. The molecule has 3 heteroatoms. The third kappa shape index (κ3) is 1.21. The van der Waals surface area contributed by atoms with Crippen LogP contribution in [-0.2, 0) is 6.61 Å². The van der Waals surface area contributed by atoms with Crippen LogP contribution < -0.4 is 4.74 Å². The van der Waals surface area contributed by atoms with E-state index in [-0.39, 0.29) is 0 Å². The molecule has 0 N–H and O–H groups in total. The van der Waals surface area contributed by atoms with Crippen LogP contribution >= 0.6 is 0 Å². The van der Waals surface area contributed by atoms with E-state index in [2.05, 4.69) is 35.7 Å². The van der Waals surface area contributed by atoms with Crippen molar-refractivity contribution < 1.29 is 4.74 Å². The molecule has 1 aliphatic heterocycles. The lowest BCUT2D eigenvalue weighted by Gasteiger charge is -2.16. The molecule has 0 radical (unpaired) electrons. The second kappa shape index (κ2) is 3.35. The van der Waals surface area contributed by atoms with Gasteiger partial charge in [0.05, 0.1) is 11.4 Å². The van der Waals surface area contributed by atoms with Crippen LogP contribution in [0.25, 0.3) is 16.9 Å². The molecule has 0 saturated heterocycles. The van der Waals surface area contributed by atoms with E-state index in [0.717, 1.165) is 28.3 Å². The van der Waals surface area contributed by atoms with Gasteiger partial charge in [-0.15, -0.1) is 0 Å². The van der Waals surface area contributed by atoms with Gasteiger partial charge < -0.3 is 4.74 Å². The Bertz CT molecular complexity index is 758. The van der Waals surface area contributed by atoms with Gasteiger partial charge in [0.25, 0.3) is 0 Å². The highest BCUT2D eigenvalue weighted by molar-refractivity contribution is 5.73. The summed E-state index contributed by atoms with van der Waals surface area (Å²) in [5.74, 6) is 0.921. The van der Waals surface area contributed by atoms with Crippen molar-refractivity contribution in [2.75, 3.05) is 0 Å². The minimum Gasteiger partial charge on any atom is -0.487 e. The Hall–Kier alpha value is -2.29. The summed E-state index contributed by atoms with van der Waals surface area (Å²) >= 11 is 0. The number of benzene rings is 1. The first-order chi connectivity index (χ1) is 8.83. The number of hydrogen-bond donors (Lipinski definition) is 0. The van der Waals surface area contributed by atoms with Crippen LogP contribution in [0.4, 0.5) is 0 Å². The molecule has 18 heavy (non-hydrogen) atoms. The number of ether oxygens (including phenoxy) is 1. The summed E-state index contributed by atoms with van der Waals surface area (Å²) in [6, 6.07) is 12.3. The van der Waals surface area contributed by atoms with Crippen molar-refractivity contribution in [1.82, 2.24) is 9.38 Å². The maximum Gasteiger partial charge on any atom is 0.138 e. The zero-order valence-corrected chi connectivity index (χ0v) is 10.1. The number of nitrogens with zero attached hydrogens (tertiary/aromatic N) is 2. The van der Waals surface area contributed by atoms with Crippen molar-refractivity contribution in [2.24, 2.45) is 0 Å². The lowest BCUT2D eigenvalue weighted by molar-refractivity contribution is 0.296. The van der Waals surface area contributed by atoms with E-state index in [1.165, 1.54) is 5.56 Å². The Kier molecular flexibility index (Phi) is 1.81. The molecule has 3 aromatic rings. The first kappa shape index (κ1) is 9.71. The molecule has 2 aromatic heterocycles. The Labute approximate surface area is 105 Å². The average Bonchev–Trinajstić information content (AvgIpc) is 2.76. The molecule has 0 fully saturated rings. The van der Waals surface area contributed by atoms with Crippen molar-refractivity contribution in [2.45, 2.75) is 13.5 Å². The highest BCUT2D eigenvalue weighted by Crippen LogP contribution is 2.36. The Morgan fingerprint density at radius 2 is 2.11 bits per heavy atom. The quantitative estimate of drug-likeness (QED) is 0.599. The monoisotopic (exact) mass is 236 g/mol. The van der Waals surface area contributed by atoms with Gasteiger partial charge in [0.15, 0.2) is 0 Å². The van der Waals surface area contributed by atoms with Crippen LogP contribution in [0.15, 0.2) is 42.6 Å². The molecule has 0 spiro atoms. The van der Waals surface area contributed by atoms with Gasteiger partial charge in [-0.25, -0.2) is 4.98 Å². The molecule has 3 heterocycles. The summed E-state index contributed by atoms with van der Waals surface area (Å²) in [7, 11) is 0.